The fourth-order valence-corrected chi connectivity index (χ4v) is 2.72. The first-order valence-corrected chi connectivity index (χ1v) is 6.56. The van der Waals surface area contributed by atoms with Gasteiger partial charge in [0, 0.05) is 6.42 Å². The molecule has 2 fully saturated rings. The summed E-state index contributed by atoms with van der Waals surface area (Å²) in [6.07, 6.45) is 0.824. The summed E-state index contributed by atoms with van der Waals surface area (Å²) in [5.41, 5.74) is 0. The predicted octanol–water partition coefficient (Wildman–Crippen LogP) is 1.72. The van der Waals surface area contributed by atoms with Crippen molar-refractivity contribution >= 4 is 18.0 Å². The second-order valence-electron chi connectivity index (χ2n) is 4.67. The monoisotopic (exact) mass is 294 g/mol. The molecule has 2 saturated heterocycles. The van der Waals surface area contributed by atoms with Crippen molar-refractivity contribution in [2.45, 2.75) is 24.9 Å². The average molecular weight is 294 g/mol. The second kappa shape index (κ2) is 4.37. The summed E-state index contributed by atoms with van der Waals surface area (Å²) in [6, 6.07) is 3.15. The van der Waals surface area contributed by atoms with Gasteiger partial charge in [-0.05, 0) is 24.4 Å². The number of Topliss-reactive ketones (excluding diaryl/α,β-unsaturated/α-hetero) is 1. The molecule has 0 N–H and O–H groups in total. The van der Waals surface area contributed by atoms with Crippen LogP contribution in [0.15, 0.2) is 27.2 Å². The number of ether oxygens (including phenoxy) is 2. The lowest BCUT2D eigenvalue weighted by Gasteiger charge is -2.25. The molecule has 0 unspecified atom stereocenters. The molecule has 7 nitrogen and oxygen atoms in total. The van der Waals surface area contributed by atoms with Crippen molar-refractivity contribution in [2.75, 3.05) is 6.61 Å². The van der Waals surface area contributed by atoms with E-state index >= 15 is 0 Å². The third-order valence-electron chi connectivity index (χ3n) is 3.43. The Morgan fingerprint density at radius 3 is 3.15 bits per heavy atom. The zero-order chi connectivity index (χ0) is 13.7. The van der Waals surface area contributed by atoms with E-state index in [2.05, 4.69) is 5.10 Å². The van der Waals surface area contributed by atoms with Gasteiger partial charge in [0.25, 0.3) is 10.7 Å². The minimum absolute atomic E-state index is 0.104. The van der Waals surface area contributed by atoms with Gasteiger partial charge < -0.3 is 18.3 Å². The van der Waals surface area contributed by atoms with Gasteiger partial charge >= 0.3 is 0 Å². The average Bonchev–Trinajstić information content (AvgIpc) is 3.15. The number of carbonyl (C=O) groups is 1. The minimum atomic E-state index is -0.734. The summed E-state index contributed by atoms with van der Waals surface area (Å²) in [7, 11) is 0. The highest BCUT2D eigenvalue weighted by Gasteiger charge is 2.45. The van der Waals surface area contributed by atoms with E-state index in [-0.39, 0.29) is 35.1 Å². The molecule has 2 aromatic heterocycles. The molecule has 4 rings (SSSR count). The molecule has 4 heterocycles. The number of hydrogen-bond acceptors (Lipinski definition) is 7. The van der Waals surface area contributed by atoms with Gasteiger partial charge in [0.1, 0.15) is 6.10 Å². The Bertz CT molecular complexity index is 704. The fraction of sp³-hybridized carbons (Fsp3) is 0.417. The van der Waals surface area contributed by atoms with E-state index in [0.717, 1.165) is 0 Å². The molecule has 3 atom stereocenters. The van der Waals surface area contributed by atoms with E-state index in [9.17, 15) is 4.79 Å². The van der Waals surface area contributed by atoms with Crippen molar-refractivity contribution in [3.05, 3.63) is 23.2 Å². The van der Waals surface area contributed by atoms with Crippen LogP contribution >= 0.6 is 12.2 Å². The molecule has 2 bridgehead atoms. The third kappa shape index (κ3) is 1.76. The van der Waals surface area contributed by atoms with Crippen molar-refractivity contribution in [2.24, 2.45) is 0 Å². The third-order valence-corrected chi connectivity index (χ3v) is 3.70. The Hall–Kier alpha value is -1.77. The Kier molecular flexibility index (Phi) is 2.62. The van der Waals surface area contributed by atoms with Crippen molar-refractivity contribution < 1.29 is 23.1 Å². The summed E-state index contributed by atoms with van der Waals surface area (Å²) >= 11 is 5.17. The maximum absolute atomic E-state index is 11.8. The number of carbonyl (C=O) groups excluding carboxylic acids is 1. The molecular weight excluding hydrogens is 284 g/mol. The molecule has 0 saturated carbocycles. The van der Waals surface area contributed by atoms with Gasteiger partial charge in [0.2, 0.25) is 6.29 Å². The van der Waals surface area contributed by atoms with Crippen molar-refractivity contribution in [1.82, 2.24) is 9.78 Å². The molecule has 8 heteroatoms. The first kappa shape index (κ1) is 12.0. The SMILES string of the molecule is O=C1C[C@@H](n2nc(-c3ccco3)oc2=S)[C@H]2CO[C@@H]1O2. The molecule has 0 radical (unpaired) electrons. The van der Waals surface area contributed by atoms with Crippen LogP contribution in [0.5, 0.6) is 0 Å². The number of ketones is 1. The highest BCUT2D eigenvalue weighted by Crippen LogP contribution is 2.33. The molecule has 0 amide bonds. The Labute approximate surface area is 118 Å². The van der Waals surface area contributed by atoms with Crippen molar-refractivity contribution in [1.29, 1.82) is 0 Å². The van der Waals surface area contributed by atoms with Crippen molar-refractivity contribution in [3.8, 4) is 11.7 Å². The molecule has 2 aliphatic rings. The highest BCUT2D eigenvalue weighted by molar-refractivity contribution is 7.71. The minimum Gasteiger partial charge on any atom is -0.459 e. The maximum atomic E-state index is 11.8. The van der Waals surface area contributed by atoms with Crippen LogP contribution in [0.4, 0.5) is 0 Å². The topological polar surface area (TPSA) is 79.6 Å². The standard InChI is InChI=1S/C12H10N2O5S/c15-7-4-6(9-5-17-11(7)18-9)14-12(20)19-10(13-14)8-2-1-3-16-8/h1-3,6,9,11H,4-5H2/t6-,9-,11-/m1/s1. The van der Waals surface area contributed by atoms with E-state index in [0.29, 0.717) is 12.4 Å². The normalized spacial score (nSPS) is 29.0. The second-order valence-corrected chi connectivity index (χ2v) is 5.02. The fourth-order valence-electron chi connectivity index (χ4n) is 2.47. The quantitative estimate of drug-likeness (QED) is 0.780. The van der Waals surface area contributed by atoms with Crippen LogP contribution in [0.25, 0.3) is 11.7 Å². The van der Waals surface area contributed by atoms with Crippen LogP contribution in [0.1, 0.15) is 12.5 Å². The maximum Gasteiger partial charge on any atom is 0.287 e. The van der Waals surface area contributed by atoms with Gasteiger partial charge in [-0.15, -0.1) is 5.10 Å². The number of hydrogen-bond donors (Lipinski definition) is 0. The van der Waals surface area contributed by atoms with Gasteiger partial charge in [-0.3, -0.25) is 4.79 Å². The lowest BCUT2D eigenvalue weighted by Crippen LogP contribution is -2.37. The highest BCUT2D eigenvalue weighted by atomic mass is 32.1. The Morgan fingerprint density at radius 1 is 1.45 bits per heavy atom. The lowest BCUT2D eigenvalue weighted by molar-refractivity contribution is -0.156. The number of aromatic nitrogens is 2. The number of fused-ring (bicyclic) bond motifs is 2. The summed E-state index contributed by atoms with van der Waals surface area (Å²) in [4.78, 5) is 12.0. The number of nitrogens with zero attached hydrogens (tertiary/aromatic N) is 2. The molecule has 2 aromatic rings. The van der Waals surface area contributed by atoms with Gasteiger partial charge in [-0.25, -0.2) is 4.68 Å². The van der Waals surface area contributed by atoms with Gasteiger partial charge in [-0.1, -0.05) is 0 Å². The first-order valence-electron chi connectivity index (χ1n) is 6.15. The Morgan fingerprint density at radius 2 is 2.35 bits per heavy atom. The molecular formula is C12H10N2O5S. The van der Waals surface area contributed by atoms with Crippen molar-refractivity contribution in [3.63, 3.8) is 0 Å². The van der Waals surface area contributed by atoms with Crippen LogP contribution in [-0.4, -0.2) is 34.6 Å². The van der Waals surface area contributed by atoms with E-state index in [1.165, 1.54) is 10.9 Å². The summed E-state index contributed by atoms with van der Waals surface area (Å²) < 4.78 is 22.9. The van der Waals surface area contributed by atoms with E-state index in [1.807, 2.05) is 0 Å². The van der Waals surface area contributed by atoms with Crippen LogP contribution < -0.4 is 0 Å². The molecule has 2 aliphatic heterocycles. The van der Waals surface area contributed by atoms with E-state index in [4.69, 9.17) is 30.5 Å². The van der Waals surface area contributed by atoms with E-state index < -0.39 is 6.29 Å². The predicted molar refractivity (Wildman–Crippen MR) is 66.3 cm³/mol. The lowest BCUT2D eigenvalue weighted by atomic mass is 10.0. The zero-order valence-corrected chi connectivity index (χ0v) is 11.0. The zero-order valence-electron chi connectivity index (χ0n) is 10.2. The molecule has 0 aromatic carbocycles. The van der Waals surface area contributed by atoms with Gasteiger partial charge in [-0.2, -0.15) is 0 Å². The molecule has 0 aliphatic carbocycles. The number of rotatable bonds is 2. The largest absolute Gasteiger partial charge is 0.459 e. The molecule has 20 heavy (non-hydrogen) atoms. The smallest absolute Gasteiger partial charge is 0.287 e. The molecule has 104 valence electrons. The molecule has 0 spiro atoms. The van der Waals surface area contributed by atoms with Crippen LogP contribution in [-0.2, 0) is 14.3 Å². The Balaban J connectivity index is 1.72. The summed E-state index contributed by atoms with van der Waals surface area (Å²) in [5.74, 6) is 0.667. The van der Waals surface area contributed by atoms with Gasteiger partial charge in [0.05, 0.1) is 18.9 Å². The van der Waals surface area contributed by atoms with Crippen LogP contribution in [0.3, 0.4) is 0 Å². The van der Waals surface area contributed by atoms with E-state index in [1.54, 1.807) is 12.1 Å². The number of furan rings is 1. The summed E-state index contributed by atoms with van der Waals surface area (Å²) in [5, 5.41) is 4.29. The van der Waals surface area contributed by atoms with Crippen LogP contribution in [0, 0.1) is 4.84 Å². The summed E-state index contributed by atoms with van der Waals surface area (Å²) in [6.45, 7) is 0.353. The first-order chi connectivity index (χ1) is 9.72. The van der Waals surface area contributed by atoms with Gasteiger partial charge in [0.15, 0.2) is 11.5 Å². The van der Waals surface area contributed by atoms with Crippen LogP contribution in [0.2, 0.25) is 0 Å².